The van der Waals surface area contributed by atoms with Gasteiger partial charge < -0.3 is 10.1 Å². The van der Waals surface area contributed by atoms with Crippen LogP contribution in [0.5, 0.6) is 5.75 Å². The molecule has 0 saturated carbocycles. The van der Waals surface area contributed by atoms with E-state index in [1.165, 1.54) is 32.4 Å². The second kappa shape index (κ2) is 8.50. The molecule has 0 unspecified atom stereocenters. The quantitative estimate of drug-likeness (QED) is 0.878. The Hall–Kier alpha value is -2.33. The smallest absolute Gasteiger partial charge is 0.255 e. The van der Waals surface area contributed by atoms with Crippen LogP contribution in [-0.2, 0) is 0 Å². The van der Waals surface area contributed by atoms with Crippen LogP contribution in [0, 0.1) is 0 Å². The first-order valence-electron chi connectivity index (χ1n) is 8.63. The van der Waals surface area contributed by atoms with Crippen LogP contribution in [0.4, 0.5) is 5.69 Å². The number of carbonyl (C=O) groups excluding carboxylic acids is 1. The highest BCUT2D eigenvalue weighted by Gasteiger charge is 2.09. The topological polar surface area (TPSA) is 41.6 Å². The number of hydrogen-bond donors (Lipinski definition) is 1. The van der Waals surface area contributed by atoms with Crippen molar-refractivity contribution in [3.8, 4) is 5.75 Å². The molecule has 0 aromatic heterocycles. The summed E-state index contributed by atoms with van der Waals surface area (Å²) in [7, 11) is 0. The average molecular weight is 324 g/mol. The highest BCUT2D eigenvalue weighted by molar-refractivity contribution is 6.04. The molecule has 0 spiro atoms. The Labute approximate surface area is 143 Å². The number of ether oxygens (including phenoxy) is 1. The molecule has 1 N–H and O–H groups in total. The molecule has 2 aromatic rings. The molecule has 4 heteroatoms. The Balaban J connectivity index is 1.45. The van der Waals surface area contributed by atoms with Gasteiger partial charge in [-0.05, 0) is 62.3 Å². The maximum Gasteiger partial charge on any atom is 0.255 e. The summed E-state index contributed by atoms with van der Waals surface area (Å²) in [4.78, 5) is 14.6. The normalized spacial score (nSPS) is 15.0. The summed E-state index contributed by atoms with van der Waals surface area (Å²) in [6.07, 6.45) is 3.96. The lowest BCUT2D eigenvalue weighted by atomic mass is 10.1. The molecule has 0 atom stereocenters. The number of nitrogens with zero attached hydrogens (tertiary/aromatic N) is 1. The number of carbonyl (C=O) groups is 1. The zero-order valence-corrected chi connectivity index (χ0v) is 13.9. The van der Waals surface area contributed by atoms with E-state index in [-0.39, 0.29) is 5.91 Å². The van der Waals surface area contributed by atoms with Crippen LogP contribution in [0.15, 0.2) is 54.6 Å². The number of amides is 1. The summed E-state index contributed by atoms with van der Waals surface area (Å²) in [5.74, 6) is 0.735. The van der Waals surface area contributed by atoms with Gasteiger partial charge in [0.15, 0.2) is 0 Å². The molecule has 2 aromatic carbocycles. The number of likely N-dealkylation sites (tertiary alicyclic amines) is 1. The molecular formula is C20H24N2O2. The van der Waals surface area contributed by atoms with E-state index in [0.717, 1.165) is 18.0 Å². The summed E-state index contributed by atoms with van der Waals surface area (Å²) in [5.41, 5.74) is 1.42. The molecule has 1 fully saturated rings. The number of anilines is 1. The average Bonchev–Trinajstić information content (AvgIpc) is 2.65. The predicted molar refractivity (Wildman–Crippen MR) is 96.6 cm³/mol. The van der Waals surface area contributed by atoms with E-state index in [4.69, 9.17) is 4.74 Å². The van der Waals surface area contributed by atoms with Crippen molar-refractivity contribution >= 4 is 11.6 Å². The second-order valence-corrected chi connectivity index (χ2v) is 6.10. The fraction of sp³-hybridized carbons (Fsp3) is 0.350. The molecule has 0 radical (unpaired) electrons. The van der Waals surface area contributed by atoms with Crippen LogP contribution in [0.2, 0.25) is 0 Å². The zero-order chi connectivity index (χ0) is 16.6. The summed E-state index contributed by atoms with van der Waals surface area (Å²) in [6, 6.07) is 16.7. The summed E-state index contributed by atoms with van der Waals surface area (Å²) < 4.78 is 5.80. The molecule has 0 aliphatic carbocycles. The summed E-state index contributed by atoms with van der Waals surface area (Å²) >= 11 is 0. The lowest BCUT2D eigenvalue weighted by Gasteiger charge is -2.26. The van der Waals surface area contributed by atoms with E-state index < -0.39 is 0 Å². The van der Waals surface area contributed by atoms with Gasteiger partial charge in [-0.25, -0.2) is 0 Å². The minimum absolute atomic E-state index is 0.102. The molecular weight excluding hydrogens is 300 g/mol. The largest absolute Gasteiger partial charge is 0.492 e. The van der Waals surface area contributed by atoms with Crippen LogP contribution >= 0.6 is 0 Å². The van der Waals surface area contributed by atoms with Crippen LogP contribution in [0.3, 0.4) is 0 Å². The minimum atomic E-state index is -0.102. The van der Waals surface area contributed by atoms with Gasteiger partial charge in [-0.3, -0.25) is 9.69 Å². The standard InChI is InChI=1S/C20H24N2O2/c23-20(17-7-3-1-4-8-17)21-18-9-11-19(12-10-18)24-16-15-22-13-5-2-6-14-22/h1,3-4,7-12H,2,5-6,13-16H2,(H,21,23). The highest BCUT2D eigenvalue weighted by atomic mass is 16.5. The van der Waals surface area contributed by atoms with Gasteiger partial charge in [0.25, 0.3) is 5.91 Å². The highest BCUT2D eigenvalue weighted by Crippen LogP contribution is 2.17. The third-order valence-corrected chi connectivity index (χ3v) is 4.27. The van der Waals surface area contributed by atoms with Gasteiger partial charge in [0.1, 0.15) is 12.4 Å². The third-order valence-electron chi connectivity index (χ3n) is 4.27. The van der Waals surface area contributed by atoms with Gasteiger partial charge in [0.05, 0.1) is 0 Å². The molecule has 1 heterocycles. The number of benzene rings is 2. The molecule has 126 valence electrons. The fourth-order valence-electron chi connectivity index (χ4n) is 2.90. The van der Waals surface area contributed by atoms with E-state index in [9.17, 15) is 4.79 Å². The number of hydrogen-bond acceptors (Lipinski definition) is 3. The van der Waals surface area contributed by atoms with Gasteiger partial charge in [-0.15, -0.1) is 0 Å². The van der Waals surface area contributed by atoms with E-state index in [0.29, 0.717) is 12.2 Å². The first-order chi connectivity index (χ1) is 11.8. The molecule has 1 aliphatic rings. The Bertz CT molecular complexity index is 634. The molecule has 1 saturated heterocycles. The molecule has 4 nitrogen and oxygen atoms in total. The van der Waals surface area contributed by atoms with Gasteiger partial charge in [0.2, 0.25) is 0 Å². The molecule has 1 aliphatic heterocycles. The van der Waals surface area contributed by atoms with E-state index in [2.05, 4.69) is 10.2 Å². The Kier molecular flexibility index (Phi) is 5.85. The third kappa shape index (κ3) is 4.83. The fourth-order valence-corrected chi connectivity index (χ4v) is 2.90. The molecule has 24 heavy (non-hydrogen) atoms. The van der Waals surface area contributed by atoms with Gasteiger partial charge >= 0.3 is 0 Å². The van der Waals surface area contributed by atoms with Crippen LogP contribution in [0.1, 0.15) is 29.6 Å². The van der Waals surface area contributed by atoms with Crippen molar-refractivity contribution in [2.24, 2.45) is 0 Å². The zero-order valence-electron chi connectivity index (χ0n) is 13.9. The predicted octanol–water partition coefficient (Wildman–Crippen LogP) is 3.80. The minimum Gasteiger partial charge on any atom is -0.492 e. The lowest BCUT2D eigenvalue weighted by molar-refractivity contribution is 0.102. The van der Waals surface area contributed by atoms with Crippen molar-refractivity contribution < 1.29 is 9.53 Å². The maximum atomic E-state index is 12.1. The molecule has 1 amide bonds. The van der Waals surface area contributed by atoms with Crippen molar-refractivity contribution in [1.82, 2.24) is 4.90 Å². The van der Waals surface area contributed by atoms with Gasteiger partial charge in [0, 0.05) is 17.8 Å². The Morgan fingerprint density at radius 2 is 1.67 bits per heavy atom. The van der Waals surface area contributed by atoms with Crippen LogP contribution in [0.25, 0.3) is 0 Å². The van der Waals surface area contributed by atoms with E-state index in [1.54, 1.807) is 12.1 Å². The van der Waals surface area contributed by atoms with Crippen molar-refractivity contribution in [1.29, 1.82) is 0 Å². The van der Waals surface area contributed by atoms with Gasteiger partial charge in [-0.2, -0.15) is 0 Å². The number of nitrogens with one attached hydrogen (secondary N) is 1. The van der Waals surface area contributed by atoms with Crippen molar-refractivity contribution in [3.63, 3.8) is 0 Å². The number of piperidine rings is 1. The van der Waals surface area contributed by atoms with Crippen molar-refractivity contribution in [3.05, 3.63) is 60.2 Å². The first-order valence-corrected chi connectivity index (χ1v) is 8.63. The maximum absolute atomic E-state index is 12.1. The van der Waals surface area contributed by atoms with Crippen LogP contribution < -0.4 is 10.1 Å². The van der Waals surface area contributed by atoms with Crippen LogP contribution in [-0.4, -0.2) is 37.0 Å². The number of rotatable bonds is 6. The SMILES string of the molecule is O=C(Nc1ccc(OCCN2CCCCC2)cc1)c1ccccc1. The lowest BCUT2D eigenvalue weighted by Crippen LogP contribution is -2.33. The Morgan fingerprint density at radius 3 is 2.38 bits per heavy atom. The first kappa shape index (κ1) is 16.5. The molecule has 3 rings (SSSR count). The van der Waals surface area contributed by atoms with Crippen molar-refractivity contribution in [2.75, 3.05) is 31.6 Å². The van der Waals surface area contributed by atoms with E-state index in [1.807, 2.05) is 42.5 Å². The second-order valence-electron chi connectivity index (χ2n) is 6.10. The summed E-state index contributed by atoms with van der Waals surface area (Å²) in [6.45, 7) is 4.06. The monoisotopic (exact) mass is 324 g/mol. The van der Waals surface area contributed by atoms with E-state index >= 15 is 0 Å². The summed E-state index contributed by atoms with van der Waals surface area (Å²) in [5, 5.41) is 2.89. The molecule has 0 bridgehead atoms. The van der Waals surface area contributed by atoms with Gasteiger partial charge in [-0.1, -0.05) is 24.6 Å². The Morgan fingerprint density at radius 1 is 0.958 bits per heavy atom. The van der Waals surface area contributed by atoms with Crippen molar-refractivity contribution in [2.45, 2.75) is 19.3 Å².